The molecule has 0 bridgehead atoms. The number of piperidine rings is 1. The standard InChI is InChI=1S/C14H17F3N2O2/c1-13(21)7-4-8-19(9-13)12(20)18-11-6-3-2-5-10(11)14(15,16)17/h2-3,5-6,21H,4,7-9H2,1H3,(H,18,20). The van der Waals surface area contributed by atoms with Crippen molar-refractivity contribution >= 4 is 11.7 Å². The maximum absolute atomic E-state index is 12.9. The number of hydrogen-bond donors (Lipinski definition) is 2. The normalized spacial score (nSPS) is 23.0. The van der Waals surface area contributed by atoms with Crippen LogP contribution in [0.25, 0.3) is 0 Å². The minimum absolute atomic E-state index is 0.104. The fraction of sp³-hybridized carbons (Fsp3) is 0.500. The zero-order chi connectivity index (χ0) is 15.7. The predicted molar refractivity (Wildman–Crippen MR) is 71.9 cm³/mol. The average Bonchev–Trinajstić information content (AvgIpc) is 2.37. The third-order valence-corrected chi connectivity index (χ3v) is 3.44. The second-order valence-electron chi connectivity index (χ2n) is 5.50. The summed E-state index contributed by atoms with van der Waals surface area (Å²) < 4.78 is 38.6. The molecule has 7 heteroatoms. The number of aliphatic hydroxyl groups is 1. The van der Waals surface area contributed by atoms with Gasteiger partial charge in [-0.1, -0.05) is 12.1 Å². The van der Waals surface area contributed by atoms with E-state index in [1.165, 1.54) is 23.1 Å². The van der Waals surface area contributed by atoms with E-state index < -0.39 is 23.4 Å². The minimum atomic E-state index is -4.53. The Balaban J connectivity index is 2.13. The first-order chi connectivity index (χ1) is 9.69. The van der Waals surface area contributed by atoms with Crippen molar-refractivity contribution in [2.24, 2.45) is 0 Å². The predicted octanol–water partition coefficient (Wildman–Crippen LogP) is 3.08. The lowest BCUT2D eigenvalue weighted by Crippen LogP contribution is -2.50. The summed E-state index contributed by atoms with van der Waals surface area (Å²) in [5, 5.41) is 12.2. The molecule has 116 valence electrons. The number of benzene rings is 1. The average molecular weight is 302 g/mol. The first-order valence-corrected chi connectivity index (χ1v) is 6.64. The van der Waals surface area contributed by atoms with Crippen molar-refractivity contribution in [1.29, 1.82) is 0 Å². The molecule has 0 aromatic heterocycles. The molecule has 1 saturated heterocycles. The molecule has 2 rings (SSSR count). The van der Waals surface area contributed by atoms with Gasteiger partial charge in [-0.25, -0.2) is 4.79 Å². The number of halogens is 3. The van der Waals surface area contributed by atoms with Gasteiger partial charge in [0.2, 0.25) is 0 Å². The van der Waals surface area contributed by atoms with Crippen LogP contribution in [0.1, 0.15) is 25.3 Å². The number of carbonyl (C=O) groups is 1. The molecule has 1 aliphatic heterocycles. The van der Waals surface area contributed by atoms with E-state index in [-0.39, 0.29) is 12.2 Å². The van der Waals surface area contributed by atoms with Crippen LogP contribution in [0.5, 0.6) is 0 Å². The van der Waals surface area contributed by atoms with Gasteiger partial charge in [0, 0.05) is 6.54 Å². The molecule has 1 unspecified atom stereocenters. The Labute approximate surface area is 120 Å². The van der Waals surface area contributed by atoms with Crippen molar-refractivity contribution in [3.63, 3.8) is 0 Å². The number of rotatable bonds is 1. The zero-order valence-corrected chi connectivity index (χ0v) is 11.6. The second-order valence-corrected chi connectivity index (χ2v) is 5.50. The smallest absolute Gasteiger partial charge is 0.388 e. The van der Waals surface area contributed by atoms with Crippen molar-refractivity contribution in [1.82, 2.24) is 4.90 Å². The zero-order valence-electron chi connectivity index (χ0n) is 11.6. The lowest BCUT2D eigenvalue weighted by atomic mass is 9.95. The van der Waals surface area contributed by atoms with Gasteiger partial charge in [0.05, 0.1) is 23.4 Å². The van der Waals surface area contributed by atoms with Gasteiger partial charge in [0.1, 0.15) is 0 Å². The van der Waals surface area contributed by atoms with E-state index in [0.717, 1.165) is 6.07 Å². The van der Waals surface area contributed by atoms with Crippen LogP contribution < -0.4 is 5.32 Å². The molecule has 1 heterocycles. The van der Waals surface area contributed by atoms with Crippen molar-refractivity contribution < 1.29 is 23.1 Å². The summed E-state index contributed by atoms with van der Waals surface area (Å²) >= 11 is 0. The highest BCUT2D eigenvalue weighted by atomic mass is 19.4. The van der Waals surface area contributed by atoms with Crippen LogP contribution in [-0.4, -0.2) is 34.7 Å². The van der Waals surface area contributed by atoms with E-state index >= 15 is 0 Å². The third kappa shape index (κ3) is 3.87. The lowest BCUT2D eigenvalue weighted by molar-refractivity contribution is -0.136. The number of β-amino-alcohol motifs (C(OH)–C–C–N with tert-alkyl or cyclic N) is 1. The second kappa shape index (κ2) is 5.55. The van der Waals surface area contributed by atoms with E-state index in [1.807, 2.05) is 0 Å². The maximum atomic E-state index is 12.9. The number of para-hydroxylation sites is 1. The Morgan fingerprint density at radius 1 is 1.38 bits per heavy atom. The van der Waals surface area contributed by atoms with Crippen LogP contribution >= 0.6 is 0 Å². The highest BCUT2D eigenvalue weighted by molar-refractivity contribution is 5.90. The van der Waals surface area contributed by atoms with E-state index in [0.29, 0.717) is 19.4 Å². The van der Waals surface area contributed by atoms with E-state index in [1.54, 1.807) is 6.92 Å². The number of carbonyl (C=O) groups excluding carboxylic acids is 1. The Hall–Kier alpha value is -1.76. The van der Waals surface area contributed by atoms with Gasteiger partial charge in [0.25, 0.3) is 0 Å². The van der Waals surface area contributed by atoms with Crippen molar-refractivity contribution in [2.45, 2.75) is 31.5 Å². The molecule has 0 spiro atoms. The number of anilines is 1. The number of likely N-dealkylation sites (tertiary alicyclic amines) is 1. The lowest BCUT2D eigenvalue weighted by Gasteiger charge is -2.36. The fourth-order valence-electron chi connectivity index (χ4n) is 2.43. The van der Waals surface area contributed by atoms with Crippen LogP contribution in [0.4, 0.5) is 23.7 Å². The van der Waals surface area contributed by atoms with Crippen molar-refractivity contribution in [3.05, 3.63) is 29.8 Å². The van der Waals surface area contributed by atoms with Gasteiger partial charge in [-0.15, -0.1) is 0 Å². The summed E-state index contributed by atoms with van der Waals surface area (Å²) in [4.78, 5) is 13.4. The van der Waals surface area contributed by atoms with E-state index in [4.69, 9.17) is 0 Å². The summed E-state index contributed by atoms with van der Waals surface area (Å²) in [6.07, 6.45) is -3.35. The highest BCUT2D eigenvalue weighted by Gasteiger charge is 2.35. The summed E-state index contributed by atoms with van der Waals surface area (Å²) in [5.41, 5.74) is -2.17. The highest BCUT2D eigenvalue weighted by Crippen LogP contribution is 2.34. The Morgan fingerprint density at radius 3 is 2.67 bits per heavy atom. The van der Waals surface area contributed by atoms with Crippen LogP contribution in [0.2, 0.25) is 0 Å². The van der Waals surface area contributed by atoms with Gasteiger partial charge in [-0.05, 0) is 31.9 Å². The molecule has 1 fully saturated rings. The molecule has 0 aliphatic carbocycles. The minimum Gasteiger partial charge on any atom is -0.388 e. The molecule has 0 saturated carbocycles. The number of urea groups is 1. The summed E-state index contributed by atoms with van der Waals surface area (Å²) in [7, 11) is 0. The Kier molecular flexibility index (Phi) is 4.13. The molecule has 1 atom stereocenters. The molecule has 0 radical (unpaired) electrons. The molecule has 1 aromatic rings. The monoisotopic (exact) mass is 302 g/mol. The summed E-state index contributed by atoms with van der Waals surface area (Å²) in [6.45, 7) is 2.12. The number of amides is 2. The van der Waals surface area contributed by atoms with Gasteiger partial charge in [-0.2, -0.15) is 13.2 Å². The van der Waals surface area contributed by atoms with Crippen LogP contribution in [0.3, 0.4) is 0 Å². The maximum Gasteiger partial charge on any atom is 0.418 e. The summed E-state index contributed by atoms with van der Waals surface area (Å²) in [6, 6.07) is 4.19. The number of hydrogen-bond acceptors (Lipinski definition) is 2. The van der Waals surface area contributed by atoms with Gasteiger partial charge in [0.15, 0.2) is 0 Å². The Morgan fingerprint density at radius 2 is 2.05 bits per heavy atom. The van der Waals surface area contributed by atoms with Crippen molar-refractivity contribution in [2.75, 3.05) is 18.4 Å². The first kappa shape index (κ1) is 15.6. The van der Waals surface area contributed by atoms with Crippen LogP contribution in [-0.2, 0) is 6.18 Å². The number of nitrogens with one attached hydrogen (secondary N) is 1. The largest absolute Gasteiger partial charge is 0.418 e. The Bertz CT molecular complexity index is 529. The molecule has 2 N–H and O–H groups in total. The SMILES string of the molecule is CC1(O)CCCN(C(=O)Nc2ccccc2C(F)(F)F)C1. The van der Waals surface area contributed by atoms with E-state index in [2.05, 4.69) is 5.32 Å². The van der Waals surface area contributed by atoms with Crippen molar-refractivity contribution in [3.8, 4) is 0 Å². The van der Waals surface area contributed by atoms with E-state index in [9.17, 15) is 23.1 Å². The molecular weight excluding hydrogens is 285 g/mol. The van der Waals surface area contributed by atoms with Gasteiger partial charge in [-0.3, -0.25) is 0 Å². The molecule has 21 heavy (non-hydrogen) atoms. The van der Waals surface area contributed by atoms with Gasteiger partial charge >= 0.3 is 12.2 Å². The number of alkyl halides is 3. The first-order valence-electron chi connectivity index (χ1n) is 6.64. The fourth-order valence-corrected chi connectivity index (χ4v) is 2.43. The summed E-state index contributed by atoms with van der Waals surface area (Å²) in [5.74, 6) is 0. The quantitative estimate of drug-likeness (QED) is 0.837. The molecule has 1 aliphatic rings. The van der Waals surface area contributed by atoms with Crippen LogP contribution in [0, 0.1) is 0 Å². The molecular formula is C14H17F3N2O2. The molecule has 1 aromatic carbocycles. The van der Waals surface area contributed by atoms with Gasteiger partial charge < -0.3 is 15.3 Å². The third-order valence-electron chi connectivity index (χ3n) is 3.44. The number of nitrogens with zero attached hydrogens (tertiary/aromatic N) is 1. The molecule has 2 amide bonds. The van der Waals surface area contributed by atoms with Crippen LogP contribution in [0.15, 0.2) is 24.3 Å². The molecule has 4 nitrogen and oxygen atoms in total. The topological polar surface area (TPSA) is 52.6 Å².